The molecule has 0 saturated carbocycles. The Morgan fingerprint density at radius 3 is 2.59 bits per heavy atom. The largest absolute Gasteiger partial charge is 0.497 e. The first-order valence-electron chi connectivity index (χ1n) is 8.93. The maximum absolute atomic E-state index is 13.3. The highest BCUT2D eigenvalue weighted by atomic mass is 32.1. The minimum atomic E-state index is -0.284. The normalized spacial score (nSPS) is 12.1. The lowest BCUT2D eigenvalue weighted by molar-refractivity contribution is 0.404. The number of hydrogen-bond donors (Lipinski definition) is 0. The monoisotopic (exact) mass is 411 g/mol. The Morgan fingerprint density at radius 2 is 1.93 bits per heavy atom. The van der Waals surface area contributed by atoms with Crippen LogP contribution in [-0.2, 0) is 0 Å². The minimum Gasteiger partial charge on any atom is -0.497 e. The second-order valence-corrected chi connectivity index (χ2v) is 6.94. The first kappa shape index (κ1) is 20.5. The Morgan fingerprint density at radius 1 is 1.17 bits per heavy atom. The molecule has 0 unspecified atom stereocenters. The molecule has 2 aromatic carbocycles. The van der Waals surface area contributed by atoms with E-state index >= 15 is 0 Å². The van der Waals surface area contributed by atoms with Crippen LogP contribution in [0.5, 0.6) is 11.5 Å². The van der Waals surface area contributed by atoms with Gasteiger partial charge in [-0.3, -0.25) is 4.99 Å². The molecule has 0 atom stereocenters. The standard InChI is InChI=1S/C22H22FN3O2S/c1-5-12-24-22-26(25-15(2)16-6-8-17(23)9-7-16)20(14-29-22)19-13-18(27-3)10-11-21(19)28-4/h5-11,13-14H,1,12H2,2-4H3. The third kappa shape index (κ3) is 4.63. The van der Waals surface area contributed by atoms with Crippen molar-refractivity contribution >= 4 is 17.0 Å². The molecule has 0 aliphatic heterocycles. The molecule has 5 nitrogen and oxygen atoms in total. The smallest absolute Gasteiger partial charge is 0.206 e. The van der Waals surface area contributed by atoms with Gasteiger partial charge in [0.1, 0.15) is 17.3 Å². The van der Waals surface area contributed by atoms with Crippen molar-refractivity contribution in [2.75, 3.05) is 20.8 Å². The van der Waals surface area contributed by atoms with Crippen LogP contribution in [0.3, 0.4) is 0 Å². The summed E-state index contributed by atoms with van der Waals surface area (Å²) in [6.45, 7) is 6.08. The zero-order valence-corrected chi connectivity index (χ0v) is 17.4. The number of methoxy groups -OCH3 is 2. The lowest BCUT2D eigenvalue weighted by Crippen LogP contribution is -2.14. The molecule has 1 aromatic heterocycles. The number of ether oxygens (including phenoxy) is 2. The summed E-state index contributed by atoms with van der Waals surface area (Å²) >= 11 is 1.47. The van der Waals surface area contributed by atoms with Crippen molar-refractivity contribution in [2.24, 2.45) is 10.1 Å². The third-order valence-electron chi connectivity index (χ3n) is 4.24. The van der Waals surface area contributed by atoms with Crippen LogP contribution in [0, 0.1) is 5.82 Å². The lowest BCUT2D eigenvalue weighted by atomic mass is 10.1. The summed E-state index contributed by atoms with van der Waals surface area (Å²) in [5.74, 6) is 1.12. The summed E-state index contributed by atoms with van der Waals surface area (Å²) in [7, 11) is 3.24. The van der Waals surface area contributed by atoms with Crippen LogP contribution < -0.4 is 14.3 Å². The zero-order valence-electron chi connectivity index (χ0n) is 16.6. The van der Waals surface area contributed by atoms with Crippen molar-refractivity contribution in [3.8, 4) is 22.8 Å². The van der Waals surface area contributed by atoms with E-state index in [1.54, 1.807) is 37.1 Å². The van der Waals surface area contributed by atoms with E-state index in [2.05, 4.69) is 11.6 Å². The van der Waals surface area contributed by atoms with Gasteiger partial charge in [0.2, 0.25) is 4.80 Å². The second-order valence-electron chi connectivity index (χ2n) is 6.10. The fourth-order valence-electron chi connectivity index (χ4n) is 2.75. The Balaban J connectivity index is 2.20. The van der Waals surface area contributed by atoms with E-state index in [0.29, 0.717) is 22.8 Å². The molecule has 0 fully saturated rings. The van der Waals surface area contributed by atoms with Crippen molar-refractivity contribution < 1.29 is 13.9 Å². The van der Waals surface area contributed by atoms with E-state index in [-0.39, 0.29) is 5.82 Å². The summed E-state index contributed by atoms with van der Waals surface area (Å²) in [5.41, 5.74) is 3.20. The van der Waals surface area contributed by atoms with Gasteiger partial charge in [-0.05, 0) is 42.8 Å². The summed E-state index contributed by atoms with van der Waals surface area (Å²) in [6.07, 6.45) is 1.73. The summed E-state index contributed by atoms with van der Waals surface area (Å²) < 4.78 is 26.0. The van der Waals surface area contributed by atoms with Gasteiger partial charge < -0.3 is 9.47 Å². The van der Waals surface area contributed by atoms with Gasteiger partial charge in [-0.25, -0.2) is 9.07 Å². The molecule has 0 aliphatic carbocycles. The minimum absolute atomic E-state index is 0.284. The van der Waals surface area contributed by atoms with Gasteiger partial charge in [-0.15, -0.1) is 17.9 Å². The van der Waals surface area contributed by atoms with Crippen LogP contribution in [0.4, 0.5) is 4.39 Å². The van der Waals surface area contributed by atoms with Crippen molar-refractivity contribution in [1.29, 1.82) is 0 Å². The average Bonchev–Trinajstić information content (AvgIpc) is 3.14. The molecule has 0 N–H and O–H groups in total. The SMILES string of the molecule is C=CCN=c1scc(-c2cc(OC)ccc2OC)n1N=C(C)c1ccc(F)cc1. The van der Waals surface area contributed by atoms with Gasteiger partial charge >= 0.3 is 0 Å². The van der Waals surface area contributed by atoms with E-state index in [0.717, 1.165) is 22.5 Å². The molecule has 29 heavy (non-hydrogen) atoms. The van der Waals surface area contributed by atoms with Gasteiger partial charge in [0.15, 0.2) is 0 Å². The van der Waals surface area contributed by atoms with E-state index in [4.69, 9.17) is 14.6 Å². The Labute approximate surface area is 173 Å². The Bertz CT molecular complexity index is 1100. The highest BCUT2D eigenvalue weighted by molar-refractivity contribution is 7.07. The summed E-state index contributed by atoms with van der Waals surface area (Å²) in [4.78, 5) is 5.27. The van der Waals surface area contributed by atoms with Crippen molar-refractivity contribution in [3.63, 3.8) is 0 Å². The Hall–Kier alpha value is -3.19. The predicted molar refractivity (Wildman–Crippen MR) is 115 cm³/mol. The van der Waals surface area contributed by atoms with Crippen molar-refractivity contribution in [1.82, 2.24) is 4.68 Å². The molecule has 0 radical (unpaired) electrons. The molecule has 1 heterocycles. The van der Waals surface area contributed by atoms with Crippen LogP contribution in [0.25, 0.3) is 11.3 Å². The summed E-state index contributed by atoms with van der Waals surface area (Å²) in [5, 5.41) is 6.75. The van der Waals surface area contributed by atoms with Crippen LogP contribution >= 0.6 is 11.3 Å². The average molecular weight is 412 g/mol. The molecule has 0 amide bonds. The first-order chi connectivity index (χ1) is 14.1. The fraction of sp³-hybridized carbons (Fsp3) is 0.182. The number of rotatable bonds is 7. The first-order valence-corrected chi connectivity index (χ1v) is 9.81. The maximum Gasteiger partial charge on any atom is 0.206 e. The van der Waals surface area contributed by atoms with Crippen molar-refractivity contribution in [3.05, 3.63) is 76.7 Å². The molecule has 3 rings (SSSR count). The molecule has 150 valence electrons. The molecular formula is C22H22FN3O2S. The van der Waals surface area contributed by atoms with Crippen LogP contribution in [0.15, 0.2) is 70.6 Å². The quantitative estimate of drug-likeness (QED) is 0.417. The van der Waals surface area contributed by atoms with Gasteiger partial charge in [-0.1, -0.05) is 18.2 Å². The molecular weight excluding hydrogens is 389 g/mol. The molecule has 0 spiro atoms. The van der Waals surface area contributed by atoms with E-state index in [9.17, 15) is 4.39 Å². The van der Waals surface area contributed by atoms with Crippen molar-refractivity contribution in [2.45, 2.75) is 6.92 Å². The highest BCUT2D eigenvalue weighted by Crippen LogP contribution is 2.33. The number of hydrogen-bond acceptors (Lipinski definition) is 5. The van der Waals surface area contributed by atoms with E-state index < -0.39 is 0 Å². The number of halogens is 1. The molecule has 0 aliphatic rings. The number of thiazole rings is 1. The molecule has 7 heteroatoms. The van der Waals surface area contributed by atoms with Gasteiger partial charge in [-0.2, -0.15) is 5.10 Å². The van der Waals surface area contributed by atoms with Crippen LogP contribution in [0.2, 0.25) is 0 Å². The zero-order chi connectivity index (χ0) is 20.8. The molecule has 0 bridgehead atoms. The topological polar surface area (TPSA) is 48.1 Å². The molecule has 3 aromatic rings. The Kier molecular flexibility index (Phi) is 6.61. The van der Waals surface area contributed by atoms with E-state index in [1.807, 2.05) is 30.5 Å². The highest BCUT2D eigenvalue weighted by Gasteiger charge is 2.14. The third-order valence-corrected chi connectivity index (χ3v) is 5.09. The van der Waals surface area contributed by atoms with E-state index in [1.165, 1.54) is 23.5 Å². The molecule has 0 saturated heterocycles. The fourth-order valence-corrected chi connectivity index (χ4v) is 3.58. The van der Waals surface area contributed by atoms with Gasteiger partial charge in [0.05, 0.1) is 32.2 Å². The number of aromatic nitrogens is 1. The lowest BCUT2D eigenvalue weighted by Gasteiger charge is -2.11. The second kappa shape index (κ2) is 9.34. The van der Waals surface area contributed by atoms with Crippen LogP contribution in [0.1, 0.15) is 12.5 Å². The maximum atomic E-state index is 13.3. The number of benzene rings is 2. The van der Waals surface area contributed by atoms with Gasteiger partial charge in [0.25, 0.3) is 0 Å². The van der Waals surface area contributed by atoms with Gasteiger partial charge in [0, 0.05) is 10.9 Å². The van der Waals surface area contributed by atoms with Crippen LogP contribution in [-0.4, -0.2) is 31.2 Å². The predicted octanol–water partition coefficient (Wildman–Crippen LogP) is 4.73. The summed E-state index contributed by atoms with van der Waals surface area (Å²) in [6, 6.07) is 11.8. The number of nitrogens with zero attached hydrogens (tertiary/aromatic N) is 3.